The lowest BCUT2D eigenvalue weighted by molar-refractivity contribution is 0.484. The Kier molecular flexibility index (Phi) is 10.1. The summed E-state index contributed by atoms with van der Waals surface area (Å²) in [7, 11) is 0. The molecule has 0 heterocycles. The first kappa shape index (κ1) is 35.2. The molecule has 7 aromatic carbocycles. The van der Waals surface area contributed by atoms with Gasteiger partial charge in [-0.05, 0) is 121 Å². The summed E-state index contributed by atoms with van der Waals surface area (Å²) in [4.78, 5) is 0. The van der Waals surface area contributed by atoms with E-state index in [-0.39, 0.29) is 13.3 Å². The lowest BCUT2D eigenvalue weighted by Crippen LogP contribution is -2.44. The van der Waals surface area contributed by atoms with Crippen LogP contribution in [-0.2, 0) is 0 Å². The molecule has 0 amide bonds. The molecule has 2 atom stereocenters. The van der Waals surface area contributed by atoms with Crippen LogP contribution < -0.4 is 10.4 Å². The lowest BCUT2D eigenvalue weighted by atomic mass is 9.61. The van der Waals surface area contributed by atoms with Crippen LogP contribution in [-0.4, -0.2) is 0 Å². The SMILES string of the molecule is C.C=C[C@]1(C)C(c2cc(-c3ccccc3)cc(-c3ccccc3)c2)=c2ccccc2=C(c2cc(-c3ccccc3)cc(-c3ccccc3)c2)C1/C=C\C. The molecule has 0 radical (unpaired) electrons. The van der Waals surface area contributed by atoms with Crippen LogP contribution in [0.25, 0.3) is 55.7 Å². The fourth-order valence-corrected chi connectivity index (χ4v) is 8.11. The molecule has 0 N–H and O–H groups in total. The minimum atomic E-state index is -0.435. The van der Waals surface area contributed by atoms with Gasteiger partial charge >= 0.3 is 0 Å². The molecule has 0 fully saturated rings. The van der Waals surface area contributed by atoms with E-state index in [1.165, 1.54) is 77.2 Å². The van der Waals surface area contributed by atoms with Crippen LogP contribution in [0.5, 0.6) is 0 Å². The predicted molar refractivity (Wildman–Crippen MR) is 229 cm³/mol. The van der Waals surface area contributed by atoms with E-state index in [0.717, 1.165) is 0 Å². The van der Waals surface area contributed by atoms with Gasteiger partial charge in [-0.3, -0.25) is 0 Å². The molecule has 258 valence electrons. The second kappa shape index (κ2) is 15.2. The summed E-state index contributed by atoms with van der Waals surface area (Å²) in [5.41, 5.74) is 14.3. The average molecular weight is 683 g/mol. The Labute approximate surface area is 315 Å². The topological polar surface area (TPSA) is 0 Å². The van der Waals surface area contributed by atoms with Crippen molar-refractivity contribution in [2.75, 3.05) is 0 Å². The summed E-state index contributed by atoms with van der Waals surface area (Å²) in [5.74, 6) is 0.0232. The molecule has 53 heavy (non-hydrogen) atoms. The standard InChI is InChI=1S/C52H42.CH4/c1-4-20-49-50(45-33-41(37-21-10-6-11-22-37)31-42(34-45)38-23-12-7-13-24-38)47-29-18-19-30-48(47)51(52(49,3)5-2)46-35-43(39-25-14-8-15-26-39)32-44(36-46)40-27-16-9-17-28-40;/h4-36,49H,2H2,1,3H3;1H4/b20-4-;/t49?,52-;/m0./s1. The van der Waals surface area contributed by atoms with Crippen molar-refractivity contribution in [2.24, 2.45) is 11.3 Å². The smallest absolute Gasteiger partial charge is 0.0217 e. The Morgan fingerprint density at radius 2 is 0.774 bits per heavy atom. The van der Waals surface area contributed by atoms with Gasteiger partial charge < -0.3 is 0 Å². The summed E-state index contributed by atoms with van der Waals surface area (Å²) in [6.45, 7) is 9.11. The van der Waals surface area contributed by atoms with Crippen molar-refractivity contribution >= 4 is 11.1 Å². The van der Waals surface area contributed by atoms with Crippen molar-refractivity contribution in [2.45, 2.75) is 21.3 Å². The fraction of sp³-hybridized carbons (Fsp3) is 0.0943. The van der Waals surface area contributed by atoms with Gasteiger partial charge in [0.25, 0.3) is 0 Å². The normalized spacial score (nSPS) is 16.5. The van der Waals surface area contributed by atoms with Gasteiger partial charge in [0.05, 0.1) is 0 Å². The van der Waals surface area contributed by atoms with Crippen LogP contribution in [0.3, 0.4) is 0 Å². The second-order valence-electron chi connectivity index (χ2n) is 13.9. The predicted octanol–water partition coefficient (Wildman–Crippen LogP) is 12.8. The molecule has 1 aliphatic rings. The molecule has 8 rings (SSSR count). The maximum atomic E-state index is 4.59. The summed E-state index contributed by atoms with van der Waals surface area (Å²) < 4.78 is 0. The van der Waals surface area contributed by atoms with E-state index in [2.05, 4.69) is 221 Å². The average Bonchev–Trinajstić information content (AvgIpc) is 3.22. The number of rotatable bonds is 8. The van der Waals surface area contributed by atoms with Crippen molar-refractivity contribution in [1.29, 1.82) is 0 Å². The third kappa shape index (κ3) is 6.65. The molecule has 0 saturated heterocycles. The molecule has 0 spiro atoms. The van der Waals surface area contributed by atoms with Crippen molar-refractivity contribution in [3.05, 3.63) is 228 Å². The minimum Gasteiger partial charge on any atom is -0.102 e. The molecule has 0 aliphatic heterocycles. The van der Waals surface area contributed by atoms with Gasteiger partial charge in [0.1, 0.15) is 0 Å². The van der Waals surface area contributed by atoms with Gasteiger partial charge in [-0.1, -0.05) is 178 Å². The van der Waals surface area contributed by atoms with Gasteiger partial charge in [-0.15, -0.1) is 6.58 Å². The van der Waals surface area contributed by atoms with Crippen LogP contribution in [0.4, 0.5) is 0 Å². The Balaban J connectivity index is 0.00000435. The number of hydrogen-bond donors (Lipinski definition) is 0. The molecule has 0 aromatic heterocycles. The summed E-state index contributed by atoms with van der Waals surface area (Å²) >= 11 is 0. The molecular weight excluding hydrogens is 637 g/mol. The lowest BCUT2D eigenvalue weighted by Gasteiger charge is -2.41. The molecule has 7 aromatic rings. The summed E-state index contributed by atoms with van der Waals surface area (Å²) in [5, 5.41) is 2.51. The van der Waals surface area contributed by atoms with Crippen molar-refractivity contribution in [3.63, 3.8) is 0 Å². The van der Waals surface area contributed by atoms with Gasteiger partial charge in [0, 0.05) is 11.3 Å². The summed E-state index contributed by atoms with van der Waals surface area (Å²) in [6.07, 6.45) is 6.80. The van der Waals surface area contributed by atoms with Crippen LogP contribution in [0, 0.1) is 11.3 Å². The molecule has 1 aliphatic carbocycles. The zero-order valence-corrected chi connectivity index (χ0v) is 29.8. The molecule has 0 bridgehead atoms. The highest BCUT2D eigenvalue weighted by Gasteiger charge is 2.40. The first-order valence-electron chi connectivity index (χ1n) is 18.2. The Hall–Kier alpha value is -6.24. The molecule has 0 nitrogen and oxygen atoms in total. The Morgan fingerprint density at radius 1 is 0.434 bits per heavy atom. The molecular formula is C53H46. The highest BCUT2D eigenvalue weighted by atomic mass is 14.4. The maximum absolute atomic E-state index is 4.59. The highest BCUT2D eigenvalue weighted by Crippen LogP contribution is 2.50. The van der Waals surface area contributed by atoms with E-state index in [4.69, 9.17) is 0 Å². The van der Waals surface area contributed by atoms with E-state index < -0.39 is 5.41 Å². The van der Waals surface area contributed by atoms with E-state index in [1.807, 2.05) is 0 Å². The highest BCUT2D eigenvalue weighted by molar-refractivity contribution is 5.88. The van der Waals surface area contributed by atoms with Gasteiger partial charge in [-0.25, -0.2) is 0 Å². The van der Waals surface area contributed by atoms with Crippen molar-refractivity contribution in [3.8, 4) is 44.5 Å². The third-order valence-electron chi connectivity index (χ3n) is 10.7. The number of fused-ring (bicyclic) bond motifs is 1. The zero-order chi connectivity index (χ0) is 35.5. The second-order valence-corrected chi connectivity index (χ2v) is 13.9. The van der Waals surface area contributed by atoms with Crippen LogP contribution >= 0.6 is 0 Å². The number of hydrogen-bond acceptors (Lipinski definition) is 0. The fourth-order valence-electron chi connectivity index (χ4n) is 8.11. The third-order valence-corrected chi connectivity index (χ3v) is 10.7. The molecule has 1 unspecified atom stereocenters. The largest absolute Gasteiger partial charge is 0.102 e. The van der Waals surface area contributed by atoms with E-state index in [1.54, 1.807) is 0 Å². The van der Waals surface area contributed by atoms with Gasteiger partial charge in [0.2, 0.25) is 0 Å². The summed E-state index contributed by atoms with van der Waals surface area (Å²) in [6, 6.07) is 66.2. The van der Waals surface area contributed by atoms with Gasteiger partial charge in [0.15, 0.2) is 0 Å². The quantitative estimate of drug-likeness (QED) is 0.140. The zero-order valence-electron chi connectivity index (χ0n) is 29.8. The monoisotopic (exact) mass is 682 g/mol. The minimum absolute atomic E-state index is 0. The number of allylic oxidation sites excluding steroid dienone is 3. The van der Waals surface area contributed by atoms with Crippen LogP contribution in [0.2, 0.25) is 0 Å². The first-order chi connectivity index (χ1) is 25.6. The molecule has 0 heteroatoms. The van der Waals surface area contributed by atoms with Crippen LogP contribution in [0.15, 0.2) is 207 Å². The number of benzene rings is 7. The Morgan fingerprint density at radius 3 is 1.15 bits per heavy atom. The Bertz CT molecular complexity index is 2410. The van der Waals surface area contributed by atoms with Crippen LogP contribution in [0.1, 0.15) is 32.4 Å². The van der Waals surface area contributed by atoms with E-state index >= 15 is 0 Å². The maximum Gasteiger partial charge on any atom is 0.0217 e. The van der Waals surface area contributed by atoms with Gasteiger partial charge in [-0.2, -0.15) is 0 Å². The molecule has 0 saturated carbocycles. The van der Waals surface area contributed by atoms with Crippen molar-refractivity contribution in [1.82, 2.24) is 0 Å². The van der Waals surface area contributed by atoms with E-state index in [9.17, 15) is 0 Å². The first-order valence-corrected chi connectivity index (χ1v) is 18.2. The van der Waals surface area contributed by atoms with E-state index in [0.29, 0.717) is 0 Å². The van der Waals surface area contributed by atoms with Crippen molar-refractivity contribution < 1.29 is 0 Å².